The predicted molar refractivity (Wildman–Crippen MR) is 58.1 cm³/mol. The van der Waals surface area contributed by atoms with Crippen LogP contribution in [0.25, 0.3) is 0 Å². The van der Waals surface area contributed by atoms with Gasteiger partial charge in [-0.15, -0.1) is 0 Å². The average molecular weight is 190 g/mol. The average Bonchev–Trinajstić information content (AvgIpc) is 2.89. The molecule has 0 radical (unpaired) electrons. The molecule has 1 aliphatic rings. The summed E-state index contributed by atoms with van der Waals surface area (Å²) in [7, 11) is 0. The lowest BCUT2D eigenvalue weighted by Crippen LogP contribution is -2.11. The van der Waals surface area contributed by atoms with Crippen molar-refractivity contribution in [2.45, 2.75) is 38.2 Å². The van der Waals surface area contributed by atoms with Crippen molar-refractivity contribution < 1.29 is 5.11 Å². The lowest BCUT2D eigenvalue weighted by atomic mass is 10.0. The van der Waals surface area contributed by atoms with Crippen LogP contribution in [0.4, 0.5) is 0 Å². The number of aliphatic hydroxyl groups is 1. The van der Waals surface area contributed by atoms with E-state index in [0.717, 1.165) is 25.7 Å². The maximum atomic E-state index is 10.0. The summed E-state index contributed by atoms with van der Waals surface area (Å²) in [4.78, 5) is 0. The van der Waals surface area contributed by atoms with Crippen LogP contribution >= 0.6 is 0 Å². The monoisotopic (exact) mass is 190 g/mol. The second kappa shape index (κ2) is 3.74. The first-order chi connectivity index (χ1) is 6.74. The van der Waals surface area contributed by atoms with Gasteiger partial charge in [0.1, 0.15) is 0 Å². The highest BCUT2D eigenvalue weighted by Crippen LogP contribution is 2.48. The quantitative estimate of drug-likeness (QED) is 0.774. The van der Waals surface area contributed by atoms with Crippen LogP contribution in [-0.2, 0) is 6.42 Å². The number of rotatable bonds is 4. The van der Waals surface area contributed by atoms with Gasteiger partial charge in [0.2, 0.25) is 0 Å². The standard InChI is InChI=1S/C13H18O/c1-2-12-10-13(12,14)9-8-11-6-4-3-5-7-11/h3-7,12,14H,2,8-10H2,1H3/t12-,13-/m1/s1. The molecule has 1 nitrogen and oxygen atoms in total. The van der Waals surface area contributed by atoms with Crippen LogP contribution in [0.15, 0.2) is 30.3 Å². The number of hydrogen-bond donors (Lipinski definition) is 1. The molecule has 0 aromatic heterocycles. The summed E-state index contributed by atoms with van der Waals surface area (Å²) >= 11 is 0. The van der Waals surface area contributed by atoms with E-state index >= 15 is 0 Å². The molecular formula is C13H18O. The van der Waals surface area contributed by atoms with Crippen molar-refractivity contribution in [3.05, 3.63) is 35.9 Å². The van der Waals surface area contributed by atoms with Gasteiger partial charge in [-0.3, -0.25) is 0 Å². The van der Waals surface area contributed by atoms with E-state index in [0.29, 0.717) is 5.92 Å². The van der Waals surface area contributed by atoms with Gasteiger partial charge in [0.15, 0.2) is 0 Å². The molecule has 1 heteroatoms. The summed E-state index contributed by atoms with van der Waals surface area (Å²) in [5.41, 5.74) is 1.01. The van der Waals surface area contributed by atoms with E-state index in [-0.39, 0.29) is 5.60 Å². The molecule has 0 heterocycles. The van der Waals surface area contributed by atoms with Crippen LogP contribution < -0.4 is 0 Å². The van der Waals surface area contributed by atoms with E-state index in [1.165, 1.54) is 5.56 Å². The highest BCUT2D eigenvalue weighted by Gasteiger charge is 2.50. The molecule has 0 bridgehead atoms. The molecule has 14 heavy (non-hydrogen) atoms. The summed E-state index contributed by atoms with van der Waals surface area (Å²) in [5, 5.41) is 10.0. The summed E-state index contributed by atoms with van der Waals surface area (Å²) in [6.45, 7) is 2.16. The van der Waals surface area contributed by atoms with E-state index in [4.69, 9.17) is 0 Å². The van der Waals surface area contributed by atoms with E-state index in [1.54, 1.807) is 0 Å². The first-order valence-corrected chi connectivity index (χ1v) is 5.51. The molecule has 0 amide bonds. The van der Waals surface area contributed by atoms with Gasteiger partial charge in [0.05, 0.1) is 5.60 Å². The molecular weight excluding hydrogens is 172 g/mol. The van der Waals surface area contributed by atoms with Crippen molar-refractivity contribution in [3.63, 3.8) is 0 Å². The highest BCUT2D eigenvalue weighted by atomic mass is 16.3. The van der Waals surface area contributed by atoms with Gasteiger partial charge in [-0.2, -0.15) is 0 Å². The Morgan fingerprint density at radius 1 is 1.36 bits per heavy atom. The summed E-state index contributed by atoms with van der Waals surface area (Å²) in [5.74, 6) is 0.561. The maximum absolute atomic E-state index is 10.0. The normalized spacial score (nSPS) is 30.3. The molecule has 1 aromatic carbocycles. The third kappa shape index (κ3) is 1.98. The Balaban J connectivity index is 1.84. The fourth-order valence-electron chi connectivity index (χ4n) is 2.20. The summed E-state index contributed by atoms with van der Waals surface area (Å²) in [6.07, 6.45) is 4.06. The van der Waals surface area contributed by atoms with Crippen molar-refractivity contribution in [1.29, 1.82) is 0 Å². The molecule has 2 atom stereocenters. The highest BCUT2D eigenvalue weighted by molar-refractivity contribution is 5.16. The summed E-state index contributed by atoms with van der Waals surface area (Å²) < 4.78 is 0. The summed E-state index contributed by atoms with van der Waals surface area (Å²) in [6, 6.07) is 10.4. The van der Waals surface area contributed by atoms with Gasteiger partial charge in [0.25, 0.3) is 0 Å². The Bertz CT molecular complexity index is 293. The van der Waals surface area contributed by atoms with Crippen LogP contribution in [0.1, 0.15) is 31.7 Å². The van der Waals surface area contributed by atoms with E-state index in [9.17, 15) is 5.11 Å². The molecule has 0 spiro atoms. The second-order valence-electron chi connectivity index (χ2n) is 4.40. The van der Waals surface area contributed by atoms with Crippen LogP contribution in [0.2, 0.25) is 0 Å². The van der Waals surface area contributed by atoms with E-state index in [2.05, 4.69) is 31.2 Å². The lowest BCUT2D eigenvalue weighted by Gasteiger charge is -2.09. The Morgan fingerprint density at radius 2 is 2.07 bits per heavy atom. The number of hydrogen-bond acceptors (Lipinski definition) is 1. The zero-order chi connectivity index (χ0) is 10.0. The fraction of sp³-hybridized carbons (Fsp3) is 0.538. The smallest absolute Gasteiger partial charge is 0.0683 e. The second-order valence-corrected chi connectivity index (χ2v) is 4.40. The van der Waals surface area contributed by atoms with Crippen molar-refractivity contribution in [2.75, 3.05) is 0 Å². The first-order valence-electron chi connectivity index (χ1n) is 5.51. The predicted octanol–water partition coefficient (Wildman–Crippen LogP) is 2.78. The third-order valence-corrected chi connectivity index (χ3v) is 3.38. The largest absolute Gasteiger partial charge is 0.390 e. The van der Waals surface area contributed by atoms with Crippen molar-refractivity contribution >= 4 is 0 Å². The lowest BCUT2D eigenvalue weighted by molar-refractivity contribution is 0.120. The molecule has 1 fully saturated rings. The minimum atomic E-state index is -0.329. The Morgan fingerprint density at radius 3 is 2.64 bits per heavy atom. The van der Waals surface area contributed by atoms with Crippen LogP contribution in [-0.4, -0.2) is 10.7 Å². The molecule has 1 aromatic rings. The van der Waals surface area contributed by atoms with E-state index in [1.807, 2.05) is 6.07 Å². The minimum absolute atomic E-state index is 0.329. The molecule has 0 unspecified atom stereocenters. The van der Waals surface area contributed by atoms with Gasteiger partial charge in [-0.05, 0) is 30.7 Å². The van der Waals surface area contributed by atoms with Gasteiger partial charge >= 0.3 is 0 Å². The Labute approximate surface area is 85.8 Å². The Hall–Kier alpha value is -0.820. The molecule has 1 saturated carbocycles. The number of benzene rings is 1. The third-order valence-electron chi connectivity index (χ3n) is 3.38. The van der Waals surface area contributed by atoms with E-state index < -0.39 is 0 Å². The molecule has 1 aliphatic carbocycles. The molecule has 0 saturated heterocycles. The fourth-order valence-corrected chi connectivity index (χ4v) is 2.20. The molecule has 76 valence electrons. The number of aryl methyl sites for hydroxylation is 1. The first kappa shape index (κ1) is 9.72. The topological polar surface area (TPSA) is 20.2 Å². The van der Waals surface area contributed by atoms with Gasteiger partial charge in [-0.1, -0.05) is 43.7 Å². The zero-order valence-electron chi connectivity index (χ0n) is 8.74. The van der Waals surface area contributed by atoms with Crippen molar-refractivity contribution in [1.82, 2.24) is 0 Å². The van der Waals surface area contributed by atoms with Gasteiger partial charge in [-0.25, -0.2) is 0 Å². The van der Waals surface area contributed by atoms with Crippen LogP contribution in [0, 0.1) is 5.92 Å². The zero-order valence-corrected chi connectivity index (χ0v) is 8.74. The van der Waals surface area contributed by atoms with Crippen molar-refractivity contribution in [2.24, 2.45) is 5.92 Å². The minimum Gasteiger partial charge on any atom is -0.390 e. The molecule has 1 N–H and O–H groups in total. The Kier molecular flexibility index (Phi) is 2.60. The maximum Gasteiger partial charge on any atom is 0.0683 e. The van der Waals surface area contributed by atoms with Gasteiger partial charge < -0.3 is 5.11 Å². The molecule has 0 aliphatic heterocycles. The van der Waals surface area contributed by atoms with Gasteiger partial charge in [0, 0.05) is 0 Å². The van der Waals surface area contributed by atoms with Crippen molar-refractivity contribution in [3.8, 4) is 0 Å². The van der Waals surface area contributed by atoms with Crippen LogP contribution in [0.3, 0.4) is 0 Å². The van der Waals surface area contributed by atoms with Crippen LogP contribution in [0.5, 0.6) is 0 Å². The molecule has 2 rings (SSSR count). The SMILES string of the molecule is CC[C@@H]1C[C@]1(O)CCc1ccccc1.